The van der Waals surface area contributed by atoms with Crippen molar-refractivity contribution in [2.45, 2.75) is 52.0 Å². The first-order valence-corrected chi connectivity index (χ1v) is 7.59. The lowest BCUT2D eigenvalue weighted by Gasteiger charge is -2.32. The Labute approximate surface area is 108 Å². The Hall–Kier alpha value is -0.480. The molecule has 0 saturated heterocycles. The van der Waals surface area contributed by atoms with Gasteiger partial charge in [-0.3, -0.25) is 0 Å². The molecule has 0 amide bonds. The van der Waals surface area contributed by atoms with E-state index in [2.05, 4.69) is 28.8 Å². The van der Waals surface area contributed by atoms with Crippen LogP contribution in [-0.4, -0.2) is 16.1 Å². The van der Waals surface area contributed by atoms with Crippen molar-refractivity contribution in [1.82, 2.24) is 14.9 Å². The highest BCUT2D eigenvalue weighted by Gasteiger charge is 2.27. The SMILES string of the molecule is CCCNC(c1cnns1)C1CCC(C)CC1. The van der Waals surface area contributed by atoms with Crippen LogP contribution >= 0.6 is 11.5 Å². The van der Waals surface area contributed by atoms with Crippen LogP contribution in [0.5, 0.6) is 0 Å². The summed E-state index contributed by atoms with van der Waals surface area (Å²) < 4.78 is 4.01. The molecule has 3 nitrogen and oxygen atoms in total. The molecule has 0 aliphatic heterocycles. The van der Waals surface area contributed by atoms with Gasteiger partial charge in [0.2, 0.25) is 0 Å². The first kappa shape index (κ1) is 13.0. The molecule has 96 valence electrons. The summed E-state index contributed by atoms with van der Waals surface area (Å²) in [5.41, 5.74) is 0. The van der Waals surface area contributed by atoms with Crippen molar-refractivity contribution >= 4 is 11.5 Å². The number of hydrogen-bond acceptors (Lipinski definition) is 4. The van der Waals surface area contributed by atoms with Crippen molar-refractivity contribution in [2.24, 2.45) is 11.8 Å². The molecule has 0 bridgehead atoms. The first-order valence-electron chi connectivity index (χ1n) is 6.82. The number of nitrogens with one attached hydrogen (secondary N) is 1. The van der Waals surface area contributed by atoms with Gasteiger partial charge in [0.1, 0.15) is 0 Å². The van der Waals surface area contributed by atoms with Crippen LogP contribution in [0.2, 0.25) is 0 Å². The molecule has 1 aromatic rings. The van der Waals surface area contributed by atoms with Crippen LogP contribution in [0.15, 0.2) is 6.20 Å². The summed E-state index contributed by atoms with van der Waals surface area (Å²) in [6.07, 6.45) is 8.57. The minimum absolute atomic E-state index is 0.488. The molecule has 4 heteroatoms. The molecular weight excluding hydrogens is 230 g/mol. The van der Waals surface area contributed by atoms with E-state index in [1.54, 1.807) is 11.5 Å². The second kappa shape index (κ2) is 6.45. The molecule has 1 aliphatic carbocycles. The molecule has 1 atom stereocenters. The van der Waals surface area contributed by atoms with Crippen molar-refractivity contribution in [2.75, 3.05) is 6.54 Å². The van der Waals surface area contributed by atoms with Gasteiger partial charge in [-0.25, -0.2) is 0 Å². The van der Waals surface area contributed by atoms with Gasteiger partial charge < -0.3 is 5.32 Å². The van der Waals surface area contributed by atoms with Gasteiger partial charge in [0.15, 0.2) is 0 Å². The summed E-state index contributed by atoms with van der Waals surface area (Å²) >= 11 is 1.55. The molecule has 0 spiro atoms. The minimum atomic E-state index is 0.488. The van der Waals surface area contributed by atoms with Crippen LogP contribution in [0.4, 0.5) is 0 Å². The maximum Gasteiger partial charge on any atom is 0.0669 e. The van der Waals surface area contributed by atoms with Crippen molar-refractivity contribution < 1.29 is 0 Å². The highest BCUT2D eigenvalue weighted by molar-refractivity contribution is 7.05. The summed E-state index contributed by atoms with van der Waals surface area (Å²) in [4.78, 5) is 1.32. The molecule has 1 N–H and O–H groups in total. The maximum atomic E-state index is 4.01. The normalized spacial score (nSPS) is 26.9. The van der Waals surface area contributed by atoms with Gasteiger partial charge in [-0.2, -0.15) is 0 Å². The fraction of sp³-hybridized carbons (Fsp3) is 0.846. The largest absolute Gasteiger partial charge is 0.309 e. The van der Waals surface area contributed by atoms with E-state index in [4.69, 9.17) is 0 Å². The molecule has 1 saturated carbocycles. The van der Waals surface area contributed by atoms with Gasteiger partial charge in [-0.15, -0.1) is 5.10 Å². The zero-order chi connectivity index (χ0) is 12.1. The second-order valence-electron chi connectivity index (χ2n) is 5.27. The number of rotatable bonds is 5. The van der Waals surface area contributed by atoms with Crippen molar-refractivity contribution in [3.8, 4) is 0 Å². The fourth-order valence-corrected chi connectivity index (χ4v) is 3.40. The molecule has 1 heterocycles. The van der Waals surface area contributed by atoms with Crippen LogP contribution in [0.1, 0.15) is 56.9 Å². The third-order valence-electron chi connectivity index (χ3n) is 3.83. The first-order chi connectivity index (χ1) is 8.31. The zero-order valence-electron chi connectivity index (χ0n) is 10.9. The van der Waals surface area contributed by atoms with Gasteiger partial charge in [0, 0.05) is 6.04 Å². The quantitative estimate of drug-likeness (QED) is 0.874. The monoisotopic (exact) mass is 253 g/mol. The Bertz CT molecular complexity index is 304. The summed E-state index contributed by atoms with van der Waals surface area (Å²) in [5.74, 6) is 1.69. The third kappa shape index (κ3) is 3.49. The molecule has 2 rings (SSSR count). The average molecular weight is 253 g/mol. The Morgan fingerprint density at radius 3 is 2.76 bits per heavy atom. The highest BCUT2D eigenvalue weighted by atomic mass is 32.1. The van der Waals surface area contributed by atoms with E-state index in [0.717, 1.165) is 18.4 Å². The summed E-state index contributed by atoms with van der Waals surface area (Å²) in [6.45, 7) is 5.69. The number of hydrogen-bond donors (Lipinski definition) is 1. The predicted octanol–water partition coefficient (Wildman–Crippen LogP) is 3.41. The molecule has 0 aromatic carbocycles. The fourth-order valence-electron chi connectivity index (χ4n) is 2.73. The van der Waals surface area contributed by atoms with Crippen molar-refractivity contribution in [1.29, 1.82) is 0 Å². The van der Waals surface area contributed by atoms with E-state index in [-0.39, 0.29) is 0 Å². The third-order valence-corrected chi connectivity index (χ3v) is 4.58. The minimum Gasteiger partial charge on any atom is -0.309 e. The average Bonchev–Trinajstić information content (AvgIpc) is 2.85. The molecule has 1 unspecified atom stereocenters. The lowest BCUT2D eigenvalue weighted by Crippen LogP contribution is -2.30. The smallest absolute Gasteiger partial charge is 0.0669 e. The van der Waals surface area contributed by atoms with E-state index < -0.39 is 0 Å². The van der Waals surface area contributed by atoms with Gasteiger partial charge in [-0.05, 0) is 49.2 Å². The van der Waals surface area contributed by atoms with Crippen LogP contribution < -0.4 is 5.32 Å². The second-order valence-corrected chi connectivity index (χ2v) is 6.09. The summed E-state index contributed by atoms with van der Waals surface area (Å²) in [5, 5.41) is 7.68. The zero-order valence-corrected chi connectivity index (χ0v) is 11.7. The Morgan fingerprint density at radius 1 is 1.41 bits per heavy atom. The Kier molecular flexibility index (Phi) is 4.92. The van der Waals surface area contributed by atoms with Gasteiger partial charge in [0.05, 0.1) is 11.1 Å². The van der Waals surface area contributed by atoms with Crippen LogP contribution in [0.3, 0.4) is 0 Å². The Balaban J connectivity index is 2.00. The van der Waals surface area contributed by atoms with Crippen molar-refractivity contribution in [3.63, 3.8) is 0 Å². The molecule has 1 fully saturated rings. The molecule has 1 aliphatic rings. The van der Waals surface area contributed by atoms with Gasteiger partial charge >= 0.3 is 0 Å². The topological polar surface area (TPSA) is 37.8 Å². The Morgan fingerprint density at radius 2 is 2.18 bits per heavy atom. The van der Waals surface area contributed by atoms with E-state index in [0.29, 0.717) is 6.04 Å². The van der Waals surface area contributed by atoms with E-state index in [1.165, 1.54) is 37.0 Å². The molecule has 1 aromatic heterocycles. The van der Waals surface area contributed by atoms with E-state index >= 15 is 0 Å². The molecule has 17 heavy (non-hydrogen) atoms. The highest BCUT2D eigenvalue weighted by Crippen LogP contribution is 2.37. The van der Waals surface area contributed by atoms with Gasteiger partial charge in [-0.1, -0.05) is 31.2 Å². The lowest BCUT2D eigenvalue weighted by atomic mass is 9.79. The predicted molar refractivity (Wildman–Crippen MR) is 72.1 cm³/mol. The molecule has 0 radical (unpaired) electrons. The van der Waals surface area contributed by atoms with E-state index in [1.807, 2.05) is 6.20 Å². The van der Waals surface area contributed by atoms with E-state index in [9.17, 15) is 0 Å². The van der Waals surface area contributed by atoms with Gasteiger partial charge in [0.25, 0.3) is 0 Å². The van der Waals surface area contributed by atoms with Crippen LogP contribution in [0, 0.1) is 11.8 Å². The summed E-state index contributed by atoms with van der Waals surface area (Å²) in [7, 11) is 0. The number of nitrogens with zero attached hydrogens (tertiary/aromatic N) is 2. The standard InChI is InChI=1S/C13H23N3S/c1-3-8-14-13(12-9-15-16-17-12)11-6-4-10(2)5-7-11/h9-11,13-14H,3-8H2,1-2H3. The summed E-state index contributed by atoms with van der Waals surface area (Å²) in [6, 6.07) is 0.488. The maximum absolute atomic E-state index is 4.01. The lowest BCUT2D eigenvalue weighted by molar-refractivity contribution is 0.233. The van der Waals surface area contributed by atoms with Crippen molar-refractivity contribution in [3.05, 3.63) is 11.1 Å². The van der Waals surface area contributed by atoms with Crippen LogP contribution in [0.25, 0.3) is 0 Å². The number of aromatic nitrogens is 2. The molecular formula is C13H23N3S. The van der Waals surface area contributed by atoms with Crippen LogP contribution in [-0.2, 0) is 0 Å².